The van der Waals surface area contributed by atoms with Crippen molar-refractivity contribution in [3.63, 3.8) is 0 Å². The van der Waals surface area contributed by atoms with Crippen LogP contribution < -0.4 is 14.8 Å². The Labute approximate surface area is 152 Å². The number of rotatable bonds is 6. The maximum Gasteiger partial charge on any atom is 0.251 e. The van der Waals surface area contributed by atoms with Gasteiger partial charge in [0.05, 0.1) is 20.8 Å². The smallest absolute Gasteiger partial charge is 0.251 e. The summed E-state index contributed by atoms with van der Waals surface area (Å²) in [5.74, 6) is 1.54. The molecule has 1 saturated carbocycles. The highest BCUT2D eigenvalue weighted by atomic mass is 79.9. The number of carbonyl (C=O) groups is 1. The molecule has 2 N–H and O–H groups in total. The summed E-state index contributed by atoms with van der Waals surface area (Å²) in [5, 5.41) is 9.84. The molecule has 1 aromatic heterocycles. The van der Waals surface area contributed by atoms with Crippen molar-refractivity contribution in [1.82, 2.24) is 20.1 Å². The Bertz CT molecular complexity index is 803. The van der Waals surface area contributed by atoms with Crippen LogP contribution in [-0.4, -0.2) is 34.9 Å². The minimum atomic E-state index is -0.240. The van der Waals surface area contributed by atoms with Crippen LogP contribution in [0.1, 0.15) is 35.1 Å². The number of aromatic nitrogens is 3. The average Bonchev–Trinajstić information content (AvgIpc) is 3.35. The van der Waals surface area contributed by atoms with Gasteiger partial charge in [-0.3, -0.25) is 14.5 Å². The largest absolute Gasteiger partial charge is 0.495 e. The van der Waals surface area contributed by atoms with Gasteiger partial charge in [0.1, 0.15) is 16.0 Å². The lowest BCUT2D eigenvalue weighted by molar-refractivity contribution is 0.0948. The molecule has 9 heteroatoms. The van der Waals surface area contributed by atoms with E-state index in [9.17, 15) is 4.79 Å². The first-order chi connectivity index (χ1) is 11.5. The number of nitrogens with zero attached hydrogens (tertiary/aromatic N) is 2. The summed E-state index contributed by atoms with van der Waals surface area (Å²) in [6.45, 7) is 0.295. The van der Waals surface area contributed by atoms with Crippen molar-refractivity contribution in [3.05, 3.63) is 32.8 Å². The van der Waals surface area contributed by atoms with Crippen molar-refractivity contribution in [1.29, 1.82) is 0 Å². The highest BCUT2D eigenvalue weighted by molar-refractivity contribution is 9.10. The Balaban J connectivity index is 1.77. The van der Waals surface area contributed by atoms with Crippen molar-refractivity contribution in [3.8, 4) is 11.5 Å². The molecule has 1 fully saturated rings. The Kier molecular flexibility index (Phi) is 4.91. The number of H-pyrrole nitrogens is 1. The summed E-state index contributed by atoms with van der Waals surface area (Å²) in [6, 6.07) is 3.70. The van der Waals surface area contributed by atoms with Crippen LogP contribution in [0, 0.1) is 4.77 Å². The second-order valence-corrected chi connectivity index (χ2v) is 6.60. The molecule has 1 aromatic carbocycles. The first-order valence-corrected chi connectivity index (χ1v) is 8.60. The van der Waals surface area contributed by atoms with E-state index in [4.69, 9.17) is 21.7 Å². The first-order valence-electron chi connectivity index (χ1n) is 7.40. The number of halogens is 1. The number of benzene rings is 1. The average molecular weight is 413 g/mol. The molecule has 0 spiro atoms. The summed E-state index contributed by atoms with van der Waals surface area (Å²) in [4.78, 5) is 12.5. The molecule has 0 bridgehead atoms. The third-order valence-corrected chi connectivity index (χ3v) is 4.87. The molecule has 0 saturated heterocycles. The van der Waals surface area contributed by atoms with Gasteiger partial charge in [-0.05, 0) is 53.1 Å². The maximum absolute atomic E-state index is 12.5. The van der Waals surface area contributed by atoms with Crippen LogP contribution in [-0.2, 0) is 6.54 Å². The van der Waals surface area contributed by atoms with Gasteiger partial charge < -0.3 is 14.8 Å². The van der Waals surface area contributed by atoms with Gasteiger partial charge in [-0.25, -0.2) is 0 Å². The molecule has 1 aliphatic carbocycles. The van der Waals surface area contributed by atoms with Crippen LogP contribution in [0.25, 0.3) is 0 Å². The van der Waals surface area contributed by atoms with Gasteiger partial charge in [-0.15, -0.1) is 0 Å². The van der Waals surface area contributed by atoms with Crippen LogP contribution in [0.15, 0.2) is 16.6 Å². The minimum Gasteiger partial charge on any atom is -0.495 e. The second kappa shape index (κ2) is 6.94. The number of hydrogen-bond acceptors (Lipinski definition) is 5. The molecule has 1 aliphatic rings. The SMILES string of the molecule is COc1cc(C(=O)NCc2n[nH]c(=S)n2C2CC2)cc(OC)c1Br. The summed E-state index contributed by atoms with van der Waals surface area (Å²) < 4.78 is 13.7. The topological polar surface area (TPSA) is 81.2 Å². The zero-order valence-corrected chi connectivity index (χ0v) is 15.7. The Hall–Kier alpha value is -1.87. The van der Waals surface area contributed by atoms with Crippen LogP contribution in [0.3, 0.4) is 0 Å². The molecule has 7 nitrogen and oxygen atoms in total. The molecular formula is C15H17BrN4O3S. The van der Waals surface area contributed by atoms with Crippen molar-refractivity contribution >= 4 is 34.1 Å². The molecule has 2 aromatic rings. The molecule has 1 heterocycles. The highest BCUT2D eigenvalue weighted by Gasteiger charge is 2.27. The molecule has 0 aliphatic heterocycles. The number of nitrogens with one attached hydrogen (secondary N) is 2. The van der Waals surface area contributed by atoms with E-state index in [0.717, 1.165) is 18.7 Å². The standard InChI is InChI=1S/C15H17BrN4O3S/c1-22-10-5-8(6-11(23-2)13(10)16)14(21)17-7-12-18-19-15(24)20(12)9-3-4-9/h5-6,9H,3-4,7H2,1-2H3,(H,17,21)(H,19,24). The molecule has 24 heavy (non-hydrogen) atoms. The van der Waals surface area contributed by atoms with E-state index in [1.807, 2.05) is 4.57 Å². The second-order valence-electron chi connectivity index (χ2n) is 5.42. The summed E-state index contributed by atoms with van der Waals surface area (Å²) >= 11 is 8.62. The van der Waals surface area contributed by atoms with E-state index in [2.05, 4.69) is 31.4 Å². The molecule has 128 valence electrons. The lowest BCUT2D eigenvalue weighted by atomic mass is 10.2. The normalized spacial score (nSPS) is 13.6. The van der Waals surface area contributed by atoms with Gasteiger partial charge in [-0.2, -0.15) is 5.10 Å². The molecule has 0 atom stereocenters. The molecule has 1 amide bonds. The van der Waals surface area contributed by atoms with Gasteiger partial charge in [0.2, 0.25) is 0 Å². The summed E-state index contributed by atoms with van der Waals surface area (Å²) in [5.41, 5.74) is 0.444. The lowest BCUT2D eigenvalue weighted by Gasteiger charge is -2.12. The van der Waals surface area contributed by atoms with Gasteiger partial charge in [0.15, 0.2) is 10.6 Å². The minimum absolute atomic E-state index is 0.240. The van der Waals surface area contributed by atoms with E-state index in [0.29, 0.717) is 38.9 Å². The number of methoxy groups -OCH3 is 2. The summed E-state index contributed by atoms with van der Waals surface area (Å²) in [6.07, 6.45) is 2.19. The number of aromatic amines is 1. The molecule has 0 unspecified atom stereocenters. The van der Waals surface area contributed by atoms with E-state index >= 15 is 0 Å². The predicted molar refractivity (Wildman–Crippen MR) is 94.1 cm³/mol. The number of hydrogen-bond donors (Lipinski definition) is 2. The van der Waals surface area contributed by atoms with E-state index in [-0.39, 0.29) is 5.91 Å². The fourth-order valence-electron chi connectivity index (χ4n) is 2.43. The van der Waals surface area contributed by atoms with Crippen molar-refractivity contribution in [2.75, 3.05) is 14.2 Å². The molecule has 0 radical (unpaired) electrons. The van der Waals surface area contributed by atoms with Gasteiger partial charge in [0.25, 0.3) is 5.91 Å². The zero-order valence-electron chi connectivity index (χ0n) is 13.3. The van der Waals surface area contributed by atoms with Crippen LogP contribution >= 0.6 is 28.1 Å². The third kappa shape index (κ3) is 3.32. The van der Waals surface area contributed by atoms with E-state index < -0.39 is 0 Å². The number of ether oxygens (including phenoxy) is 2. The van der Waals surface area contributed by atoms with Crippen molar-refractivity contribution in [2.45, 2.75) is 25.4 Å². The van der Waals surface area contributed by atoms with Crippen LogP contribution in [0.5, 0.6) is 11.5 Å². The number of amides is 1. The van der Waals surface area contributed by atoms with Crippen LogP contribution in [0.2, 0.25) is 0 Å². The van der Waals surface area contributed by atoms with Crippen molar-refractivity contribution < 1.29 is 14.3 Å². The van der Waals surface area contributed by atoms with Crippen LogP contribution in [0.4, 0.5) is 0 Å². The third-order valence-electron chi connectivity index (χ3n) is 3.80. The van der Waals surface area contributed by atoms with E-state index in [1.54, 1.807) is 12.1 Å². The van der Waals surface area contributed by atoms with E-state index in [1.165, 1.54) is 14.2 Å². The quantitative estimate of drug-likeness (QED) is 0.712. The Morgan fingerprint density at radius 3 is 2.58 bits per heavy atom. The van der Waals surface area contributed by atoms with Crippen molar-refractivity contribution in [2.24, 2.45) is 0 Å². The Morgan fingerprint density at radius 1 is 1.42 bits per heavy atom. The molecule has 3 rings (SSSR count). The highest BCUT2D eigenvalue weighted by Crippen LogP contribution is 2.36. The van der Waals surface area contributed by atoms with Gasteiger partial charge >= 0.3 is 0 Å². The van der Waals surface area contributed by atoms with Gasteiger partial charge in [0, 0.05) is 11.6 Å². The first kappa shape index (κ1) is 17.0. The summed E-state index contributed by atoms with van der Waals surface area (Å²) in [7, 11) is 3.07. The fourth-order valence-corrected chi connectivity index (χ4v) is 3.29. The lowest BCUT2D eigenvalue weighted by Crippen LogP contribution is -2.24. The zero-order chi connectivity index (χ0) is 17.3. The predicted octanol–water partition coefficient (Wildman–Crippen LogP) is 2.99. The maximum atomic E-state index is 12.5. The number of carbonyl (C=O) groups excluding carboxylic acids is 1. The molecular weight excluding hydrogens is 396 g/mol. The van der Waals surface area contributed by atoms with Gasteiger partial charge in [-0.1, -0.05) is 0 Å². The monoisotopic (exact) mass is 412 g/mol. The Morgan fingerprint density at radius 2 is 2.04 bits per heavy atom. The fraction of sp³-hybridized carbons (Fsp3) is 0.400.